The zero-order valence-electron chi connectivity index (χ0n) is 12.1. The first kappa shape index (κ1) is 15.1. The number of H-pyrrole nitrogens is 1. The molecule has 0 spiro atoms. The second-order valence-electron chi connectivity index (χ2n) is 5.01. The molecule has 6 nitrogen and oxygen atoms in total. The molecule has 0 aliphatic carbocycles. The predicted molar refractivity (Wildman–Crippen MR) is 80.8 cm³/mol. The van der Waals surface area contributed by atoms with E-state index < -0.39 is 6.10 Å². The van der Waals surface area contributed by atoms with Gasteiger partial charge in [-0.3, -0.25) is 4.79 Å². The van der Waals surface area contributed by atoms with E-state index in [1.165, 1.54) is 30.5 Å². The lowest BCUT2D eigenvalue weighted by molar-refractivity contribution is 0.0840. The standard InChI is InChI=1S/C16H15FN2O4/c17-10-1-3-12(4-2-10)23-9-11(20)8-18-16(21)14-7-15-13(19-14)5-6-22-15/h1-7,11,19-20H,8-9H2,(H,18,21). The van der Waals surface area contributed by atoms with Crippen molar-refractivity contribution in [1.82, 2.24) is 10.3 Å². The highest BCUT2D eigenvalue weighted by Crippen LogP contribution is 2.16. The number of nitrogens with one attached hydrogen (secondary N) is 2. The van der Waals surface area contributed by atoms with Gasteiger partial charge in [0.1, 0.15) is 30.0 Å². The van der Waals surface area contributed by atoms with Crippen LogP contribution in [-0.2, 0) is 0 Å². The molecular formula is C16H15FN2O4. The molecule has 2 heterocycles. The van der Waals surface area contributed by atoms with Gasteiger partial charge in [-0.25, -0.2) is 4.39 Å². The quantitative estimate of drug-likeness (QED) is 0.649. The van der Waals surface area contributed by atoms with Crippen LogP contribution in [0.25, 0.3) is 11.1 Å². The molecule has 1 unspecified atom stereocenters. The fourth-order valence-electron chi connectivity index (χ4n) is 2.06. The number of aromatic amines is 1. The number of ether oxygens (including phenoxy) is 1. The van der Waals surface area contributed by atoms with E-state index in [2.05, 4.69) is 10.3 Å². The van der Waals surface area contributed by atoms with Crippen molar-refractivity contribution in [3.8, 4) is 5.75 Å². The number of aromatic nitrogens is 1. The van der Waals surface area contributed by atoms with E-state index >= 15 is 0 Å². The SMILES string of the molecule is O=C(NCC(O)COc1ccc(F)cc1)c1cc2occc2[nH]1. The van der Waals surface area contributed by atoms with Gasteiger partial charge in [0, 0.05) is 18.7 Å². The smallest absolute Gasteiger partial charge is 0.267 e. The number of rotatable bonds is 6. The van der Waals surface area contributed by atoms with Crippen LogP contribution in [-0.4, -0.2) is 35.3 Å². The number of furan rings is 1. The van der Waals surface area contributed by atoms with Crippen molar-refractivity contribution in [3.05, 3.63) is 54.2 Å². The summed E-state index contributed by atoms with van der Waals surface area (Å²) < 4.78 is 23.2. The van der Waals surface area contributed by atoms with Crippen LogP contribution in [0.15, 0.2) is 47.1 Å². The number of halogens is 1. The van der Waals surface area contributed by atoms with E-state index in [-0.39, 0.29) is 24.9 Å². The lowest BCUT2D eigenvalue weighted by atomic mass is 10.3. The van der Waals surface area contributed by atoms with Gasteiger partial charge >= 0.3 is 0 Å². The van der Waals surface area contributed by atoms with Gasteiger partial charge in [0.2, 0.25) is 0 Å². The Labute approximate surface area is 130 Å². The molecule has 3 rings (SSSR count). The van der Waals surface area contributed by atoms with Crippen LogP contribution in [0.5, 0.6) is 5.75 Å². The number of hydrogen-bond acceptors (Lipinski definition) is 4. The van der Waals surface area contributed by atoms with Crippen molar-refractivity contribution in [1.29, 1.82) is 0 Å². The number of aliphatic hydroxyl groups excluding tert-OH is 1. The first-order valence-corrected chi connectivity index (χ1v) is 7.02. The molecule has 3 N–H and O–H groups in total. The largest absolute Gasteiger partial charge is 0.491 e. The van der Waals surface area contributed by atoms with Crippen molar-refractivity contribution < 1.29 is 23.4 Å². The molecular weight excluding hydrogens is 303 g/mol. The second kappa shape index (κ2) is 6.53. The van der Waals surface area contributed by atoms with Crippen LogP contribution < -0.4 is 10.1 Å². The first-order valence-electron chi connectivity index (χ1n) is 7.02. The van der Waals surface area contributed by atoms with Crippen molar-refractivity contribution in [2.24, 2.45) is 0 Å². The normalized spacial score (nSPS) is 12.3. The molecule has 0 bridgehead atoms. The Morgan fingerprint density at radius 1 is 1.35 bits per heavy atom. The molecule has 1 atom stereocenters. The molecule has 0 radical (unpaired) electrons. The summed E-state index contributed by atoms with van der Waals surface area (Å²) in [5.41, 5.74) is 1.68. The van der Waals surface area contributed by atoms with E-state index in [1.807, 2.05) is 0 Å². The van der Waals surface area contributed by atoms with E-state index in [9.17, 15) is 14.3 Å². The van der Waals surface area contributed by atoms with Gasteiger partial charge in [0.05, 0.1) is 11.8 Å². The Kier molecular flexibility index (Phi) is 4.29. The topological polar surface area (TPSA) is 87.5 Å². The van der Waals surface area contributed by atoms with Crippen LogP contribution in [0.1, 0.15) is 10.5 Å². The highest BCUT2D eigenvalue weighted by atomic mass is 19.1. The minimum atomic E-state index is -0.887. The number of fused-ring (bicyclic) bond motifs is 1. The van der Waals surface area contributed by atoms with Gasteiger partial charge < -0.3 is 24.6 Å². The van der Waals surface area contributed by atoms with Gasteiger partial charge in [-0.2, -0.15) is 0 Å². The van der Waals surface area contributed by atoms with Crippen LogP contribution in [0.3, 0.4) is 0 Å². The van der Waals surface area contributed by atoms with Crippen LogP contribution in [0.2, 0.25) is 0 Å². The maximum atomic E-state index is 12.7. The molecule has 0 saturated carbocycles. The highest BCUT2D eigenvalue weighted by molar-refractivity contribution is 5.96. The van der Waals surface area contributed by atoms with Gasteiger partial charge in [-0.05, 0) is 24.3 Å². The summed E-state index contributed by atoms with van der Waals surface area (Å²) in [7, 11) is 0. The first-order chi connectivity index (χ1) is 11.1. The highest BCUT2D eigenvalue weighted by Gasteiger charge is 2.13. The Morgan fingerprint density at radius 3 is 2.87 bits per heavy atom. The molecule has 3 aromatic rings. The summed E-state index contributed by atoms with van der Waals surface area (Å²) in [5.74, 6) is -0.263. The fraction of sp³-hybridized carbons (Fsp3) is 0.188. The van der Waals surface area contributed by atoms with Crippen molar-refractivity contribution in [2.45, 2.75) is 6.10 Å². The lowest BCUT2D eigenvalue weighted by Gasteiger charge is -2.13. The van der Waals surface area contributed by atoms with E-state index in [4.69, 9.17) is 9.15 Å². The van der Waals surface area contributed by atoms with Crippen molar-refractivity contribution in [2.75, 3.05) is 13.2 Å². The molecule has 7 heteroatoms. The number of carbonyl (C=O) groups excluding carboxylic acids is 1. The third-order valence-corrected chi connectivity index (χ3v) is 3.24. The number of hydrogen-bond donors (Lipinski definition) is 3. The monoisotopic (exact) mass is 318 g/mol. The average molecular weight is 318 g/mol. The zero-order chi connectivity index (χ0) is 16.2. The Morgan fingerprint density at radius 2 is 2.13 bits per heavy atom. The van der Waals surface area contributed by atoms with Gasteiger partial charge in [-0.15, -0.1) is 0 Å². The number of aliphatic hydroxyl groups is 1. The Hall–Kier alpha value is -2.80. The molecule has 120 valence electrons. The minimum absolute atomic E-state index is 0.0149. The third kappa shape index (κ3) is 3.70. The van der Waals surface area contributed by atoms with Gasteiger partial charge in [0.15, 0.2) is 5.58 Å². The summed E-state index contributed by atoms with van der Waals surface area (Å²) in [6, 6.07) is 8.78. The van der Waals surface area contributed by atoms with E-state index in [1.54, 1.807) is 12.1 Å². The third-order valence-electron chi connectivity index (χ3n) is 3.24. The Balaban J connectivity index is 1.46. The molecule has 0 fully saturated rings. The van der Waals surface area contributed by atoms with E-state index in [0.717, 1.165) is 5.52 Å². The lowest BCUT2D eigenvalue weighted by Crippen LogP contribution is -2.35. The summed E-state index contributed by atoms with van der Waals surface area (Å²) in [4.78, 5) is 14.9. The number of amides is 1. The van der Waals surface area contributed by atoms with Crippen LogP contribution in [0, 0.1) is 5.82 Å². The molecule has 0 aliphatic rings. The summed E-state index contributed by atoms with van der Waals surface area (Å²) in [5, 5.41) is 12.4. The molecule has 23 heavy (non-hydrogen) atoms. The van der Waals surface area contributed by atoms with Gasteiger partial charge in [0.25, 0.3) is 5.91 Å². The summed E-state index contributed by atoms with van der Waals surface area (Å²) >= 11 is 0. The Bertz CT molecular complexity index is 765. The molecule has 0 saturated heterocycles. The zero-order valence-corrected chi connectivity index (χ0v) is 12.1. The minimum Gasteiger partial charge on any atom is -0.491 e. The number of benzene rings is 1. The number of carbonyl (C=O) groups is 1. The summed E-state index contributed by atoms with van der Waals surface area (Å²) in [6.07, 6.45) is 0.640. The molecule has 1 aromatic carbocycles. The maximum Gasteiger partial charge on any atom is 0.267 e. The fourth-order valence-corrected chi connectivity index (χ4v) is 2.06. The van der Waals surface area contributed by atoms with Crippen LogP contribution in [0.4, 0.5) is 4.39 Å². The van der Waals surface area contributed by atoms with Crippen molar-refractivity contribution >= 4 is 17.0 Å². The van der Waals surface area contributed by atoms with Gasteiger partial charge in [-0.1, -0.05) is 0 Å². The molecule has 1 amide bonds. The maximum absolute atomic E-state index is 12.7. The van der Waals surface area contributed by atoms with Crippen molar-refractivity contribution in [3.63, 3.8) is 0 Å². The average Bonchev–Trinajstić information content (AvgIpc) is 3.13. The second-order valence-corrected chi connectivity index (χ2v) is 5.01. The van der Waals surface area contributed by atoms with Crippen LogP contribution >= 0.6 is 0 Å². The predicted octanol–water partition coefficient (Wildman–Crippen LogP) is 2.07. The van der Waals surface area contributed by atoms with E-state index in [0.29, 0.717) is 17.0 Å². The summed E-state index contributed by atoms with van der Waals surface area (Å²) in [6.45, 7) is 0.0133. The molecule has 0 aliphatic heterocycles. The molecule has 2 aromatic heterocycles.